The second-order valence-electron chi connectivity index (χ2n) is 3.83. The Hall–Kier alpha value is -1.13. The van der Waals surface area contributed by atoms with Crippen LogP contribution in [0.3, 0.4) is 0 Å². The summed E-state index contributed by atoms with van der Waals surface area (Å²) >= 11 is 1.75. The van der Waals surface area contributed by atoms with Crippen molar-refractivity contribution in [2.75, 3.05) is 7.05 Å². The van der Waals surface area contributed by atoms with Crippen molar-refractivity contribution in [2.24, 2.45) is 0 Å². The molecule has 2 aromatic rings. The minimum Gasteiger partial charge on any atom is -0.350 e. The molecular formula is C12H17N3S. The number of hydrogen-bond donors (Lipinski definition) is 1. The molecule has 0 aliphatic heterocycles. The maximum Gasteiger partial charge on any atom is 0.0797 e. The van der Waals surface area contributed by atoms with Crippen LogP contribution < -0.4 is 5.32 Å². The van der Waals surface area contributed by atoms with Crippen LogP contribution in [-0.2, 0) is 19.5 Å². The summed E-state index contributed by atoms with van der Waals surface area (Å²) in [6.45, 7) is 4.04. The van der Waals surface area contributed by atoms with Crippen LogP contribution in [0.5, 0.6) is 0 Å². The molecule has 0 amide bonds. The van der Waals surface area contributed by atoms with Gasteiger partial charge in [-0.25, -0.2) is 4.98 Å². The van der Waals surface area contributed by atoms with Crippen molar-refractivity contribution < 1.29 is 0 Å². The fourth-order valence-electron chi connectivity index (χ4n) is 1.80. The summed E-state index contributed by atoms with van der Waals surface area (Å²) in [5.74, 6) is 0. The van der Waals surface area contributed by atoms with E-state index < -0.39 is 0 Å². The Bertz CT molecular complexity index is 445. The van der Waals surface area contributed by atoms with E-state index in [1.807, 2.05) is 12.6 Å². The lowest BCUT2D eigenvalue weighted by atomic mass is 10.3. The molecule has 3 nitrogen and oxygen atoms in total. The molecule has 0 aliphatic carbocycles. The highest BCUT2D eigenvalue weighted by atomic mass is 32.1. The van der Waals surface area contributed by atoms with Gasteiger partial charge in [0.25, 0.3) is 0 Å². The molecule has 86 valence electrons. The summed E-state index contributed by atoms with van der Waals surface area (Å²) in [4.78, 5) is 5.66. The van der Waals surface area contributed by atoms with Crippen molar-refractivity contribution in [3.05, 3.63) is 40.1 Å². The Morgan fingerprint density at radius 3 is 3.06 bits per heavy atom. The summed E-state index contributed by atoms with van der Waals surface area (Å²) < 4.78 is 2.30. The second-order valence-corrected chi connectivity index (χ2v) is 4.77. The normalized spacial score (nSPS) is 10.9. The lowest BCUT2D eigenvalue weighted by Gasteiger charge is -2.08. The minimum absolute atomic E-state index is 0.925. The van der Waals surface area contributed by atoms with Gasteiger partial charge in [0, 0.05) is 36.3 Å². The fourth-order valence-corrected chi connectivity index (χ4v) is 2.57. The zero-order chi connectivity index (χ0) is 11.4. The first kappa shape index (κ1) is 11.4. The van der Waals surface area contributed by atoms with Gasteiger partial charge in [-0.15, -0.1) is 11.3 Å². The van der Waals surface area contributed by atoms with Gasteiger partial charge in [-0.3, -0.25) is 0 Å². The van der Waals surface area contributed by atoms with Gasteiger partial charge in [0.2, 0.25) is 0 Å². The number of rotatable bonds is 5. The first-order valence-electron chi connectivity index (χ1n) is 5.49. The Labute approximate surface area is 100 Å². The monoisotopic (exact) mass is 235 g/mol. The van der Waals surface area contributed by atoms with Crippen molar-refractivity contribution in [2.45, 2.75) is 26.4 Å². The maximum absolute atomic E-state index is 4.27. The van der Waals surface area contributed by atoms with Gasteiger partial charge in [0.1, 0.15) is 0 Å². The summed E-state index contributed by atoms with van der Waals surface area (Å²) in [7, 11) is 1.98. The predicted octanol–water partition coefficient (Wildman–Crippen LogP) is 2.22. The van der Waals surface area contributed by atoms with Gasteiger partial charge in [-0.05, 0) is 26.1 Å². The second kappa shape index (κ2) is 5.27. The molecule has 0 spiro atoms. The topological polar surface area (TPSA) is 29.9 Å². The lowest BCUT2D eigenvalue weighted by molar-refractivity contribution is 0.641. The van der Waals surface area contributed by atoms with E-state index in [0.717, 1.165) is 19.5 Å². The van der Waals surface area contributed by atoms with Crippen LogP contribution >= 0.6 is 11.3 Å². The minimum atomic E-state index is 0.925. The molecule has 0 saturated heterocycles. The fraction of sp³-hybridized carbons (Fsp3) is 0.417. The maximum atomic E-state index is 4.27. The standard InChI is InChI=1S/C12H17N3S/c1-10-12(16-9-14-10)5-7-15-6-3-4-11(15)8-13-2/h3-4,6,9,13H,5,7-8H2,1-2H3. The van der Waals surface area contributed by atoms with E-state index in [1.54, 1.807) is 11.3 Å². The average molecular weight is 235 g/mol. The Kier molecular flexibility index (Phi) is 3.74. The van der Waals surface area contributed by atoms with E-state index in [0.29, 0.717) is 0 Å². The van der Waals surface area contributed by atoms with E-state index in [9.17, 15) is 0 Å². The Balaban J connectivity index is 1.99. The largest absolute Gasteiger partial charge is 0.350 e. The van der Waals surface area contributed by atoms with Crippen molar-refractivity contribution in [3.8, 4) is 0 Å². The van der Waals surface area contributed by atoms with E-state index in [-0.39, 0.29) is 0 Å². The van der Waals surface area contributed by atoms with Crippen molar-refractivity contribution in [1.29, 1.82) is 0 Å². The van der Waals surface area contributed by atoms with Gasteiger partial charge in [0.15, 0.2) is 0 Å². The van der Waals surface area contributed by atoms with Gasteiger partial charge < -0.3 is 9.88 Å². The molecule has 0 aliphatic rings. The molecule has 4 heteroatoms. The Morgan fingerprint density at radius 1 is 1.50 bits per heavy atom. The molecule has 0 saturated carbocycles. The summed E-state index contributed by atoms with van der Waals surface area (Å²) in [6, 6.07) is 4.27. The Morgan fingerprint density at radius 2 is 2.38 bits per heavy atom. The number of nitrogens with one attached hydrogen (secondary N) is 1. The van der Waals surface area contributed by atoms with Crippen LogP contribution in [-0.4, -0.2) is 16.6 Å². The number of aromatic nitrogens is 2. The van der Waals surface area contributed by atoms with Gasteiger partial charge in [0.05, 0.1) is 11.2 Å². The number of aryl methyl sites for hydroxylation is 3. The van der Waals surface area contributed by atoms with Crippen LogP contribution in [0.25, 0.3) is 0 Å². The van der Waals surface area contributed by atoms with Crippen LogP contribution in [0.15, 0.2) is 23.8 Å². The molecule has 1 N–H and O–H groups in total. The first-order valence-corrected chi connectivity index (χ1v) is 6.37. The molecule has 2 aromatic heterocycles. The summed E-state index contributed by atoms with van der Waals surface area (Å²) in [5, 5.41) is 3.18. The van der Waals surface area contributed by atoms with Crippen LogP contribution in [0.2, 0.25) is 0 Å². The summed E-state index contributed by atoms with van der Waals surface area (Å²) in [6.07, 6.45) is 3.21. The van der Waals surface area contributed by atoms with Crippen LogP contribution in [0.1, 0.15) is 16.3 Å². The quantitative estimate of drug-likeness (QED) is 0.861. The van der Waals surface area contributed by atoms with Gasteiger partial charge in [-0.1, -0.05) is 0 Å². The highest BCUT2D eigenvalue weighted by Gasteiger charge is 2.03. The molecule has 0 atom stereocenters. The zero-order valence-corrected chi connectivity index (χ0v) is 10.5. The van der Waals surface area contributed by atoms with Crippen molar-refractivity contribution in [1.82, 2.24) is 14.9 Å². The predicted molar refractivity (Wildman–Crippen MR) is 67.8 cm³/mol. The lowest BCUT2D eigenvalue weighted by Crippen LogP contribution is -2.11. The first-order chi connectivity index (χ1) is 7.81. The highest BCUT2D eigenvalue weighted by Crippen LogP contribution is 2.14. The third-order valence-corrected chi connectivity index (χ3v) is 3.70. The molecule has 16 heavy (non-hydrogen) atoms. The third-order valence-electron chi connectivity index (χ3n) is 2.71. The van der Waals surface area contributed by atoms with Crippen LogP contribution in [0.4, 0.5) is 0 Å². The SMILES string of the molecule is CNCc1cccn1CCc1scnc1C. The molecule has 0 fully saturated rings. The van der Waals surface area contributed by atoms with E-state index >= 15 is 0 Å². The molecule has 0 aromatic carbocycles. The van der Waals surface area contributed by atoms with Crippen LogP contribution in [0, 0.1) is 6.92 Å². The van der Waals surface area contributed by atoms with Crippen molar-refractivity contribution >= 4 is 11.3 Å². The molecule has 0 bridgehead atoms. The average Bonchev–Trinajstić information content (AvgIpc) is 2.86. The molecular weight excluding hydrogens is 218 g/mol. The van der Waals surface area contributed by atoms with E-state index in [2.05, 4.69) is 40.1 Å². The highest BCUT2D eigenvalue weighted by molar-refractivity contribution is 7.09. The number of nitrogens with zero attached hydrogens (tertiary/aromatic N) is 2. The molecule has 0 radical (unpaired) electrons. The van der Waals surface area contributed by atoms with E-state index in [4.69, 9.17) is 0 Å². The van der Waals surface area contributed by atoms with E-state index in [1.165, 1.54) is 16.3 Å². The van der Waals surface area contributed by atoms with Gasteiger partial charge >= 0.3 is 0 Å². The summed E-state index contributed by atoms with van der Waals surface area (Å²) in [5.41, 5.74) is 4.44. The van der Waals surface area contributed by atoms with Crippen molar-refractivity contribution in [3.63, 3.8) is 0 Å². The van der Waals surface area contributed by atoms with Gasteiger partial charge in [-0.2, -0.15) is 0 Å². The number of hydrogen-bond acceptors (Lipinski definition) is 3. The smallest absolute Gasteiger partial charge is 0.0797 e. The number of thiazole rings is 1. The molecule has 2 heterocycles. The molecule has 2 rings (SSSR count). The zero-order valence-electron chi connectivity index (χ0n) is 9.73. The molecule has 0 unspecified atom stereocenters. The third kappa shape index (κ3) is 2.51.